The Morgan fingerprint density at radius 2 is 2.11 bits per heavy atom. The van der Waals surface area contributed by atoms with Crippen molar-refractivity contribution in [3.05, 3.63) is 29.3 Å². The second kappa shape index (κ2) is 4.96. The minimum Gasteiger partial charge on any atom is -0.361 e. The van der Waals surface area contributed by atoms with Crippen LogP contribution in [0.5, 0.6) is 0 Å². The molecule has 102 valence electrons. The van der Waals surface area contributed by atoms with E-state index in [-0.39, 0.29) is 23.4 Å². The number of carbonyl (C=O) groups excluding carboxylic acids is 1. The molecule has 0 aromatic carbocycles. The quantitative estimate of drug-likeness (QED) is 0.832. The van der Waals surface area contributed by atoms with Gasteiger partial charge in [-0.05, 0) is 18.2 Å². The molecule has 7 nitrogen and oxygen atoms in total. The number of nitrogens with one attached hydrogen (secondary N) is 1. The van der Waals surface area contributed by atoms with E-state index < -0.39 is 9.84 Å². The average Bonchev–Trinajstić information content (AvgIpc) is 2.68. The Morgan fingerprint density at radius 1 is 1.37 bits per heavy atom. The highest BCUT2D eigenvalue weighted by Gasteiger charge is 2.21. The Bertz CT molecular complexity index is 607. The smallest absolute Gasteiger partial charge is 0.273 e. The Labute approximate surface area is 111 Å². The number of rotatable bonds is 3. The largest absolute Gasteiger partial charge is 0.361 e. The van der Waals surface area contributed by atoms with Crippen molar-refractivity contribution in [3.63, 3.8) is 0 Å². The molecule has 8 heteroatoms. The van der Waals surface area contributed by atoms with Crippen molar-refractivity contribution in [3.8, 4) is 0 Å². The van der Waals surface area contributed by atoms with Gasteiger partial charge in [0, 0.05) is 19.5 Å². The van der Waals surface area contributed by atoms with E-state index >= 15 is 0 Å². The number of hydrogen-bond donors (Lipinski definition) is 1. The van der Waals surface area contributed by atoms with Crippen LogP contribution < -0.4 is 5.32 Å². The topological polar surface area (TPSA) is 92.3 Å². The highest BCUT2D eigenvalue weighted by atomic mass is 32.2. The summed E-state index contributed by atoms with van der Waals surface area (Å²) in [5, 5.41) is 11.8. The molecule has 1 unspecified atom stereocenters. The monoisotopic (exact) mass is 282 g/mol. The van der Waals surface area contributed by atoms with Crippen LogP contribution in [-0.4, -0.2) is 55.3 Å². The molecular weight excluding hydrogens is 268 g/mol. The molecule has 0 radical (unpaired) electrons. The van der Waals surface area contributed by atoms with Gasteiger partial charge >= 0.3 is 0 Å². The summed E-state index contributed by atoms with van der Waals surface area (Å²) >= 11 is 0. The molecule has 1 N–H and O–H groups in total. The Hall–Kier alpha value is -1.96. The van der Waals surface area contributed by atoms with E-state index in [9.17, 15) is 13.2 Å². The fraction of sp³-hybridized carbons (Fsp3) is 0.364. The maximum absolute atomic E-state index is 11.6. The zero-order valence-electron chi connectivity index (χ0n) is 10.6. The number of aromatic nitrogens is 2. The lowest BCUT2D eigenvalue weighted by Crippen LogP contribution is -2.24. The highest BCUT2D eigenvalue weighted by molar-refractivity contribution is 7.94. The Kier molecular flexibility index (Phi) is 3.52. The molecule has 1 aromatic rings. The van der Waals surface area contributed by atoms with Gasteiger partial charge in [0.15, 0.2) is 15.5 Å². The number of nitrogens with zero attached hydrogens (tertiary/aromatic N) is 3. The number of amides is 1. The van der Waals surface area contributed by atoms with Crippen molar-refractivity contribution in [2.75, 3.05) is 25.2 Å². The van der Waals surface area contributed by atoms with Crippen molar-refractivity contribution in [1.82, 2.24) is 15.1 Å². The minimum absolute atomic E-state index is 0.00700. The third kappa shape index (κ3) is 3.28. The van der Waals surface area contributed by atoms with E-state index in [1.807, 2.05) is 0 Å². The molecule has 1 atom stereocenters. The summed E-state index contributed by atoms with van der Waals surface area (Å²) in [6.07, 6.45) is 1.57. The first-order valence-electron chi connectivity index (χ1n) is 5.60. The maximum atomic E-state index is 11.6. The molecule has 0 fully saturated rings. The first-order valence-corrected chi connectivity index (χ1v) is 7.32. The highest BCUT2D eigenvalue weighted by Crippen LogP contribution is 2.13. The van der Waals surface area contributed by atoms with Crippen LogP contribution in [0.2, 0.25) is 0 Å². The van der Waals surface area contributed by atoms with Crippen LogP contribution in [-0.2, 0) is 9.84 Å². The molecule has 0 saturated carbocycles. The van der Waals surface area contributed by atoms with Gasteiger partial charge in [-0.2, -0.15) is 0 Å². The molecule has 0 bridgehead atoms. The molecule has 2 heterocycles. The summed E-state index contributed by atoms with van der Waals surface area (Å²) in [7, 11) is 0.158. The van der Waals surface area contributed by atoms with Gasteiger partial charge in [0.05, 0.1) is 11.8 Å². The van der Waals surface area contributed by atoms with Gasteiger partial charge in [0.2, 0.25) is 0 Å². The molecular formula is C11H14N4O3S. The molecule has 1 aromatic heterocycles. The van der Waals surface area contributed by atoms with E-state index in [0.29, 0.717) is 5.82 Å². The van der Waals surface area contributed by atoms with Crippen molar-refractivity contribution >= 4 is 21.6 Å². The summed E-state index contributed by atoms with van der Waals surface area (Å²) in [6, 6.07) is 2.84. The van der Waals surface area contributed by atoms with Crippen LogP contribution in [0.15, 0.2) is 23.6 Å². The Balaban J connectivity index is 2.04. The molecule has 1 aliphatic heterocycles. The number of sulfone groups is 1. The van der Waals surface area contributed by atoms with E-state index in [1.165, 1.54) is 10.3 Å². The van der Waals surface area contributed by atoms with Crippen LogP contribution in [0.4, 0.5) is 5.82 Å². The van der Waals surface area contributed by atoms with Gasteiger partial charge in [-0.3, -0.25) is 4.79 Å². The number of anilines is 1. The van der Waals surface area contributed by atoms with Crippen LogP contribution in [0.25, 0.3) is 0 Å². The lowest BCUT2D eigenvalue weighted by Gasteiger charge is -2.11. The van der Waals surface area contributed by atoms with E-state index in [0.717, 1.165) is 0 Å². The zero-order valence-corrected chi connectivity index (χ0v) is 11.4. The maximum Gasteiger partial charge on any atom is 0.273 e. The fourth-order valence-corrected chi connectivity index (χ4v) is 2.84. The predicted molar refractivity (Wildman–Crippen MR) is 70.4 cm³/mol. The minimum atomic E-state index is -3.10. The molecule has 0 saturated heterocycles. The predicted octanol–water partition coefficient (Wildman–Crippen LogP) is -0.0990. The van der Waals surface area contributed by atoms with E-state index in [2.05, 4.69) is 15.5 Å². The normalized spacial score (nSPS) is 20.2. The number of hydrogen-bond acceptors (Lipinski definition) is 6. The molecule has 1 aliphatic rings. The zero-order chi connectivity index (χ0) is 14.0. The van der Waals surface area contributed by atoms with Gasteiger partial charge < -0.3 is 10.2 Å². The van der Waals surface area contributed by atoms with Crippen molar-refractivity contribution < 1.29 is 13.2 Å². The lowest BCUT2D eigenvalue weighted by molar-refractivity contribution is 0.0821. The summed E-state index contributed by atoms with van der Waals surface area (Å²) in [4.78, 5) is 13.0. The van der Waals surface area contributed by atoms with Gasteiger partial charge in [-0.25, -0.2) is 8.42 Å². The summed E-state index contributed by atoms with van der Waals surface area (Å²) < 4.78 is 22.5. The van der Waals surface area contributed by atoms with Crippen LogP contribution in [0.3, 0.4) is 0 Å². The van der Waals surface area contributed by atoms with E-state index in [1.54, 1.807) is 32.3 Å². The first-order chi connectivity index (χ1) is 8.87. The van der Waals surface area contributed by atoms with Gasteiger partial charge in [-0.1, -0.05) is 0 Å². The van der Waals surface area contributed by atoms with Gasteiger partial charge in [0.1, 0.15) is 5.82 Å². The first kappa shape index (κ1) is 13.5. The van der Waals surface area contributed by atoms with Crippen LogP contribution in [0, 0.1) is 0 Å². The standard InChI is InChI=1S/C11H14N4O3S/c1-15(2)11(16)9-3-4-10(14-13-9)12-8-5-6-19(17,18)7-8/h3-6,8H,7H2,1-2H3,(H,12,14). The van der Waals surface area contributed by atoms with Crippen molar-refractivity contribution in [2.24, 2.45) is 0 Å². The lowest BCUT2D eigenvalue weighted by atomic mass is 10.3. The third-order valence-corrected chi connectivity index (χ3v) is 3.95. The molecule has 1 amide bonds. The van der Waals surface area contributed by atoms with Crippen LogP contribution >= 0.6 is 0 Å². The SMILES string of the molecule is CN(C)C(=O)c1ccc(NC2C=CS(=O)(=O)C2)nn1. The third-order valence-electron chi connectivity index (χ3n) is 2.55. The fourth-order valence-electron chi connectivity index (χ4n) is 1.61. The molecule has 0 spiro atoms. The van der Waals surface area contributed by atoms with Gasteiger partial charge in [-0.15, -0.1) is 10.2 Å². The summed E-state index contributed by atoms with van der Waals surface area (Å²) in [6.45, 7) is 0. The Morgan fingerprint density at radius 3 is 2.58 bits per heavy atom. The second-order valence-corrected chi connectivity index (χ2v) is 6.34. The number of carbonyl (C=O) groups is 1. The second-order valence-electron chi connectivity index (χ2n) is 4.41. The summed E-state index contributed by atoms with van der Waals surface area (Å²) in [5.41, 5.74) is 0.241. The van der Waals surface area contributed by atoms with Crippen LogP contribution in [0.1, 0.15) is 10.5 Å². The molecule has 2 rings (SSSR count). The average molecular weight is 282 g/mol. The molecule has 0 aliphatic carbocycles. The molecule has 19 heavy (non-hydrogen) atoms. The van der Waals surface area contributed by atoms with E-state index in [4.69, 9.17) is 0 Å². The van der Waals surface area contributed by atoms with Crippen molar-refractivity contribution in [1.29, 1.82) is 0 Å². The van der Waals surface area contributed by atoms with Crippen molar-refractivity contribution in [2.45, 2.75) is 6.04 Å². The van der Waals surface area contributed by atoms with Gasteiger partial charge in [0.25, 0.3) is 5.91 Å². The summed E-state index contributed by atoms with van der Waals surface area (Å²) in [5.74, 6) is 0.206.